The van der Waals surface area contributed by atoms with Crippen molar-refractivity contribution in [1.82, 2.24) is 9.88 Å². The molecule has 2 rings (SSSR count). The molecule has 0 saturated carbocycles. The zero-order valence-electron chi connectivity index (χ0n) is 11.3. The SMILES string of the molecule is NCCCCC(=O)N1CCN(c2ccccn2)CC1. The Balaban J connectivity index is 1.77. The van der Waals surface area contributed by atoms with Gasteiger partial charge in [-0.15, -0.1) is 0 Å². The number of hydrogen-bond acceptors (Lipinski definition) is 4. The minimum atomic E-state index is 0.258. The summed E-state index contributed by atoms with van der Waals surface area (Å²) in [6, 6.07) is 5.92. The third-order valence-corrected chi connectivity index (χ3v) is 3.45. The van der Waals surface area contributed by atoms with Gasteiger partial charge in [-0.05, 0) is 31.5 Å². The van der Waals surface area contributed by atoms with E-state index in [4.69, 9.17) is 5.73 Å². The highest BCUT2D eigenvalue weighted by atomic mass is 16.2. The van der Waals surface area contributed by atoms with Gasteiger partial charge in [0, 0.05) is 38.8 Å². The molecule has 5 nitrogen and oxygen atoms in total. The van der Waals surface area contributed by atoms with Gasteiger partial charge < -0.3 is 15.5 Å². The molecular formula is C14H22N4O. The molecule has 1 aromatic heterocycles. The van der Waals surface area contributed by atoms with E-state index in [0.717, 1.165) is 44.8 Å². The Bertz CT molecular complexity index is 388. The average molecular weight is 262 g/mol. The van der Waals surface area contributed by atoms with Crippen LogP contribution < -0.4 is 10.6 Å². The lowest BCUT2D eigenvalue weighted by molar-refractivity contribution is -0.131. The summed E-state index contributed by atoms with van der Waals surface area (Å²) >= 11 is 0. The van der Waals surface area contributed by atoms with E-state index in [-0.39, 0.29) is 5.91 Å². The number of rotatable bonds is 5. The van der Waals surface area contributed by atoms with Crippen LogP contribution in [-0.2, 0) is 4.79 Å². The Morgan fingerprint density at radius 2 is 2.00 bits per heavy atom. The molecule has 1 aliphatic heterocycles. The first-order valence-electron chi connectivity index (χ1n) is 6.95. The number of aromatic nitrogens is 1. The van der Waals surface area contributed by atoms with Crippen molar-refractivity contribution < 1.29 is 4.79 Å². The first-order chi connectivity index (χ1) is 9.31. The molecule has 0 aliphatic carbocycles. The molecule has 0 atom stereocenters. The fourth-order valence-corrected chi connectivity index (χ4v) is 2.30. The Kier molecular flexibility index (Phi) is 5.15. The lowest BCUT2D eigenvalue weighted by Gasteiger charge is -2.35. The molecule has 0 unspecified atom stereocenters. The standard InChI is InChI=1S/C14H22N4O/c15-7-3-1-6-14(19)18-11-9-17(10-12-18)13-5-2-4-8-16-13/h2,4-5,8H,1,3,6-7,9-12,15H2. The van der Waals surface area contributed by atoms with Crippen molar-refractivity contribution in [1.29, 1.82) is 0 Å². The van der Waals surface area contributed by atoms with Crippen LogP contribution in [0.3, 0.4) is 0 Å². The molecule has 1 fully saturated rings. The molecule has 5 heteroatoms. The van der Waals surface area contributed by atoms with Crippen LogP contribution in [0.2, 0.25) is 0 Å². The van der Waals surface area contributed by atoms with Crippen molar-refractivity contribution in [2.75, 3.05) is 37.6 Å². The average Bonchev–Trinajstić information content (AvgIpc) is 2.48. The van der Waals surface area contributed by atoms with Crippen molar-refractivity contribution in [3.05, 3.63) is 24.4 Å². The van der Waals surface area contributed by atoms with Crippen LogP contribution in [0.15, 0.2) is 24.4 Å². The largest absolute Gasteiger partial charge is 0.353 e. The van der Waals surface area contributed by atoms with Crippen LogP contribution >= 0.6 is 0 Å². The highest BCUT2D eigenvalue weighted by Crippen LogP contribution is 2.13. The van der Waals surface area contributed by atoms with Crippen molar-refractivity contribution in [3.8, 4) is 0 Å². The maximum absolute atomic E-state index is 12.0. The highest BCUT2D eigenvalue weighted by Gasteiger charge is 2.21. The fraction of sp³-hybridized carbons (Fsp3) is 0.571. The van der Waals surface area contributed by atoms with Gasteiger partial charge in [0.15, 0.2) is 0 Å². The van der Waals surface area contributed by atoms with Gasteiger partial charge in [-0.25, -0.2) is 4.98 Å². The zero-order valence-corrected chi connectivity index (χ0v) is 11.3. The van der Waals surface area contributed by atoms with Gasteiger partial charge in [-0.1, -0.05) is 6.07 Å². The molecule has 0 bridgehead atoms. The predicted molar refractivity (Wildman–Crippen MR) is 75.9 cm³/mol. The molecule has 2 heterocycles. The number of nitrogens with zero attached hydrogens (tertiary/aromatic N) is 3. The van der Waals surface area contributed by atoms with Crippen molar-refractivity contribution in [2.24, 2.45) is 5.73 Å². The van der Waals surface area contributed by atoms with E-state index < -0.39 is 0 Å². The molecule has 104 valence electrons. The quantitative estimate of drug-likeness (QED) is 0.799. The molecule has 19 heavy (non-hydrogen) atoms. The number of anilines is 1. The molecule has 0 radical (unpaired) electrons. The predicted octanol–water partition coefficient (Wildman–Crippen LogP) is 0.859. The number of nitrogens with two attached hydrogens (primary N) is 1. The summed E-state index contributed by atoms with van der Waals surface area (Å²) in [6.07, 6.45) is 4.26. The van der Waals surface area contributed by atoms with Crippen LogP contribution in [-0.4, -0.2) is 48.5 Å². The highest BCUT2D eigenvalue weighted by molar-refractivity contribution is 5.76. The summed E-state index contributed by atoms with van der Waals surface area (Å²) < 4.78 is 0. The Morgan fingerprint density at radius 3 is 2.63 bits per heavy atom. The minimum absolute atomic E-state index is 0.258. The van der Waals surface area contributed by atoms with E-state index in [1.165, 1.54) is 0 Å². The summed E-state index contributed by atoms with van der Waals surface area (Å²) in [5.74, 6) is 1.26. The minimum Gasteiger partial charge on any atom is -0.353 e. The Hall–Kier alpha value is -1.62. The number of unbranched alkanes of at least 4 members (excludes halogenated alkanes) is 1. The maximum atomic E-state index is 12.0. The number of carbonyl (C=O) groups excluding carboxylic acids is 1. The second-order valence-electron chi connectivity index (χ2n) is 4.80. The Labute approximate surface area is 114 Å². The van der Waals surface area contributed by atoms with Gasteiger partial charge in [-0.2, -0.15) is 0 Å². The summed E-state index contributed by atoms with van der Waals surface area (Å²) in [7, 11) is 0. The fourth-order valence-electron chi connectivity index (χ4n) is 2.30. The van der Waals surface area contributed by atoms with Crippen molar-refractivity contribution >= 4 is 11.7 Å². The van der Waals surface area contributed by atoms with Gasteiger partial charge in [0.25, 0.3) is 0 Å². The smallest absolute Gasteiger partial charge is 0.222 e. The van der Waals surface area contributed by atoms with Crippen molar-refractivity contribution in [3.63, 3.8) is 0 Å². The van der Waals surface area contributed by atoms with Crippen molar-refractivity contribution in [2.45, 2.75) is 19.3 Å². The number of amides is 1. The summed E-state index contributed by atoms with van der Waals surface area (Å²) in [4.78, 5) is 20.5. The first kappa shape index (κ1) is 13.8. The summed E-state index contributed by atoms with van der Waals surface area (Å²) in [5, 5.41) is 0. The van der Waals surface area contributed by atoms with Gasteiger partial charge in [0.05, 0.1) is 0 Å². The topological polar surface area (TPSA) is 62.5 Å². The number of carbonyl (C=O) groups is 1. The summed E-state index contributed by atoms with van der Waals surface area (Å²) in [5.41, 5.74) is 5.44. The van der Waals surface area contributed by atoms with Crippen LogP contribution in [0, 0.1) is 0 Å². The van der Waals surface area contributed by atoms with E-state index in [2.05, 4.69) is 9.88 Å². The monoisotopic (exact) mass is 262 g/mol. The molecule has 1 aromatic rings. The Morgan fingerprint density at radius 1 is 1.21 bits per heavy atom. The maximum Gasteiger partial charge on any atom is 0.222 e. The number of hydrogen-bond donors (Lipinski definition) is 1. The number of piperazine rings is 1. The molecule has 1 amide bonds. The van der Waals surface area contributed by atoms with Gasteiger partial charge in [0.2, 0.25) is 5.91 Å². The van der Waals surface area contributed by atoms with Gasteiger partial charge in [0.1, 0.15) is 5.82 Å². The lowest BCUT2D eigenvalue weighted by atomic mass is 10.2. The van der Waals surface area contributed by atoms with E-state index in [0.29, 0.717) is 13.0 Å². The van der Waals surface area contributed by atoms with E-state index in [1.807, 2.05) is 23.1 Å². The first-order valence-corrected chi connectivity index (χ1v) is 6.95. The zero-order chi connectivity index (χ0) is 13.5. The summed E-state index contributed by atoms with van der Waals surface area (Å²) in [6.45, 7) is 3.97. The molecule has 0 aromatic carbocycles. The second-order valence-corrected chi connectivity index (χ2v) is 4.80. The lowest BCUT2D eigenvalue weighted by Crippen LogP contribution is -2.49. The molecule has 1 saturated heterocycles. The second kappa shape index (κ2) is 7.09. The van der Waals surface area contributed by atoms with Gasteiger partial charge >= 0.3 is 0 Å². The van der Waals surface area contributed by atoms with Gasteiger partial charge in [-0.3, -0.25) is 4.79 Å². The van der Waals surface area contributed by atoms with E-state index in [9.17, 15) is 4.79 Å². The third-order valence-electron chi connectivity index (χ3n) is 3.45. The van der Waals surface area contributed by atoms with E-state index >= 15 is 0 Å². The van der Waals surface area contributed by atoms with E-state index in [1.54, 1.807) is 6.20 Å². The number of pyridine rings is 1. The molecule has 1 aliphatic rings. The molecular weight excluding hydrogens is 240 g/mol. The van der Waals surface area contributed by atoms with Crippen LogP contribution in [0.5, 0.6) is 0 Å². The molecule has 0 spiro atoms. The van der Waals surface area contributed by atoms with Crippen LogP contribution in [0.25, 0.3) is 0 Å². The molecule has 2 N–H and O–H groups in total. The van der Waals surface area contributed by atoms with Crippen LogP contribution in [0.1, 0.15) is 19.3 Å². The van der Waals surface area contributed by atoms with Crippen LogP contribution in [0.4, 0.5) is 5.82 Å². The normalized spacial score (nSPS) is 15.6. The third kappa shape index (κ3) is 3.92.